The van der Waals surface area contributed by atoms with Gasteiger partial charge in [-0.3, -0.25) is 0 Å². The predicted molar refractivity (Wildman–Crippen MR) is 102 cm³/mol. The molecule has 0 spiro atoms. The first-order valence-corrected chi connectivity index (χ1v) is 8.73. The van der Waals surface area contributed by atoms with Gasteiger partial charge in [0.05, 0.1) is 5.69 Å². The van der Waals surface area contributed by atoms with E-state index in [1.165, 1.54) is 5.56 Å². The van der Waals surface area contributed by atoms with Crippen molar-refractivity contribution < 1.29 is 17.8 Å². The van der Waals surface area contributed by atoms with Gasteiger partial charge in [-0.1, -0.05) is 53.5 Å². The fraction of sp³-hybridized carbons (Fsp3) is 0.0526. The summed E-state index contributed by atoms with van der Waals surface area (Å²) in [7, 11) is 0. The lowest BCUT2D eigenvalue weighted by Gasteiger charge is -2.25. The summed E-state index contributed by atoms with van der Waals surface area (Å²) in [6.45, 7) is 0. The van der Waals surface area contributed by atoms with Gasteiger partial charge < -0.3 is 12.4 Å². The van der Waals surface area contributed by atoms with Crippen molar-refractivity contribution >= 4 is 34.6 Å². The van der Waals surface area contributed by atoms with Gasteiger partial charge in [0.15, 0.2) is 0 Å². The third-order valence-corrected chi connectivity index (χ3v) is 4.59. The molecule has 0 saturated carbocycles. The van der Waals surface area contributed by atoms with Crippen molar-refractivity contribution in [3.8, 4) is 0 Å². The number of benzene rings is 3. The van der Waals surface area contributed by atoms with Gasteiger partial charge in [0.1, 0.15) is 5.69 Å². The zero-order chi connectivity index (χ0) is 17.2. The molecule has 0 bridgehead atoms. The van der Waals surface area contributed by atoms with Gasteiger partial charge in [0.2, 0.25) is 6.17 Å². The molecule has 1 unspecified atom stereocenters. The van der Waals surface area contributed by atoms with Crippen molar-refractivity contribution in [3.63, 3.8) is 0 Å². The van der Waals surface area contributed by atoms with Crippen LogP contribution in [0.2, 0.25) is 10.0 Å². The molecule has 0 radical (unpaired) electrons. The van der Waals surface area contributed by atoms with Gasteiger partial charge in [0, 0.05) is 15.6 Å². The average molecular weight is 408 g/mol. The summed E-state index contributed by atoms with van der Waals surface area (Å²) in [6.07, 6.45) is 0.0626. The second kappa shape index (κ2) is 8.16. The molecule has 0 aliphatic carbocycles. The van der Waals surface area contributed by atoms with Crippen molar-refractivity contribution in [1.29, 1.82) is 0 Å². The van der Waals surface area contributed by atoms with Crippen LogP contribution in [0.3, 0.4) is 0 Å². The number of halogens is 3. The molecule has 1 heterocycles. The Morgan fingerprint density at radius 3 is 1.85 bits per heavy atom. The van der Waals surface area contributed by atoms with Gasteiger partial charge in [-0.2, -0.15) is 10.5 Å². The van der Waals surface area contributed by atoms with Crippen LogP contribution in [0.15, 0.2) is 78.9 Å². The second-order valence-electron chi connectivity index (χ2n) is 5.78. The van der Waals surface area contributed by atoms with Gasteiger partial charge in [0.25, 0.3) is 0 Å². The summed E-state index contributed by atoms with van der Waals surface area (Å²) in [6, 6.07) is 25.8. The molecule has 0 amide bonds. The highest BCUT2D eigenvalue weighted by atomic mass is 35.5. The van der Waals surface area contributed by atoms with Crippen LogP contribution in [0.5, 0.6) is 0 Å². The normalized spacial score (nSPS) is 16.5. The smallest absolute Gasteiger partial charge is 0.208 e. The third kappa shape index (κ3) is 3.90. The Morgan fingerprint density at radius 2 is 1.27 bits per heavy atom. The first-order chi connectivity index (χ1) is 12.2. The Balaban J connectivity index is 0.00000196. The van der Waals surface area contributed by atoms with Crippen LogP contribution in [-0.4, -0.2) is 0 Å². The SMILES string of the molecule is Clc1ccc(N2NC(c3ccccc3)[NH2+]N2c2ccc(Cl)cc2)cc1.[Cl-]. The highest BCUT2D eigenvalue weighted by molar-refractivity contribution is 6.30. The first kappa shape index (κ1) is 18.8. The van der Waals surface area contributed by atoms with Crippen molar-refractivity contribution in [3.05, 3.63) is 94.5 Å². The zero-order valence-corrected chi connectivity index (χ0v) is 16.0. The Bertz CT molecular complexity index is 787. The van der Waals surface area contributed by atoms with Gasteiger partial charge >= 0.3 is 0 Å². The topological polar surface area (TPSA) is 35.1 Å². The number of hydrogen-bond donors (Lipinski definition) is 2. The number of rotatable bonds is 3. The van der Waals surface area contributed by atoms with Crippen molar-refractivity contribution in [2.75, 3.05) is 10.2 Å². The fourth-order valence-corrected chi connectivity index (χ4v) is 3.08. The predicted octanol–water partition coefficient (Wildman–Crippen LogP) is 0.921. The highest BCUT2D eigenvalue weighted by Crippen LogP contribution is 2.25. The molecule has 3 N–H and O–H groups in total. The van der Waals surface area contributed by atoms with Crippen LogP contribution >= 0.6 is 23.2 Å². The molecule has 1 aliphatic heterocycles. The van der Waals surface area contributed by atoms with Crippen LogP contribution in [0.25, 0.3) is 0 Å². The largest absolute Gasteiger partial charge is 1.00 e. The lowest BCUT2D eigenvalue weighted by molar-refractivity contribution is -0.691. The molecule has 134 valence electrons. The van der Waals surface area contributed by atoms with E-state index < -0.39 is 0 Å². The molecule has 1 atom stereocenters. The maximum Gasteiger partial charge on any atom is 0.208 e. The van der Waals surface area contributed by atoms with Crippen LogP contribution in [0.1, 0.15) is 11.7 Å². The van der Waals surface area contributed by atoms with Crippen molar-refractivity contribution in [1.82, 2.24) is 5.43 Å². The summed E-state index contributed by atoms with van der Waals surface area (Å²) in [4.78, 5) is 0. The summed E-state index contributed by atoms with van der Waals surface area (Å²) >= 11 is 12.1. The summed E-state index contributed by atoms with van der Waals surface area (Å²) in [5, 5.41) is 5.52. The van der Waals surface area contributed by atoms with Crippen LogP contribution in [0.4, 0.5) is 11.4 Å². The van der Waals surface area contributed by atoms with E-state index in [4.69, 9.17) is 23.2 Å². The molecule has 3 aromatic rings. The van der Waals surface area contributed by atoms with Crippen LogP contribution in [-0.2, 0) is 0 Å². The molecular formula is C19H17Cl3N4. The summed E-state index contributed by atoms with van der Waals surface area (Å²) < 4.78 is 0. The van der Waals surface area contributed by atoms with E-state index in [2.05, 4.69) is 28.1 Å². The molecule has 7 heteroatoms. The number of nitrogens with zero attached hydrogens (tertiary/aromatic N) is 2. The molecule has 4 nitrogen and oxygen atoms in total. The molecule has 0 aromatic heterocycles. The Labute approximate surface area is 168 Å². The van der Waals surface area contributed by atoms with E-state index in [1.54, 1.807) is 0 Å². The number of anilines is 2. The average Bonchev–Trinajstić information content (AvgIpc) is 3.09. The zero-order valence-electron chi connectivity index (χ0n) is 13.7. The van der Waals surface area contributed by atoms with Crippen LogP contribution < -0.4 is 33.5 Å². The molecule has 1 aliphatic rings. The molecule has 4 rings (SSSR count). The number of hydrogen-bond acceptors (Lipinski definition) is 3. The fourth-order valence-electron chi connectivity index (χ4n) is 2.83. The van der Waals surface area contributed by atoms with Gasteiger partial charge in [-0.15, -0.1) is 5.12 Å². The summed E-state index contributed by atoms with van der Waals surface area (Å²) in [5.74, 6) is 0. The lowest BCUT2D eigenvalue weighted by Crippen LogP contribution is -3.00. The lowest BCUT2D eigenvalue weighted by atomic mass is 10.2. The number of nitrogens with two attached hydrogens (primary N) is 1. The van der Waals surface area contributed by atoms with E-state index in [1.807, 2.05) is 71.8 Å². The number of nitrogens with one attached hydrogen (secondary N) is 1. The summed E-state index contributed by atoms with van der Waals surface area (Å²) in [5.41, 5.74) is 8.89. The second-order valence-corrected chi connectivity index (χ2v) is 6.65. The number of quaternary nitrogens is 1. The quantitative estimate of drug-likeness (QED) is 0.634. The van der Waals surface area contributed by atoms with E-state index in [0.29, 0.717) is 10.0 Å². The standard InChI is InChI=1S/C19H16Cl2N4.ClH/c20-15-6-10-17(11-7-15)24-22-19(14-4-2-1-3-5-14)23-25(24)18-12-8-16(21)9-13-18;/h1-13,19,22-23H;1H. The maximum atomic E-state index is 6.04. The Morgan fingerprint density at radius 1 is 0.731 bits per heavy atom. The van der Waals surface area contributed by atoms with E-state index in [0.717, 1.165) is 11.4 Å². The highest BCUT2D eigenvalue weighted by Gasteiger charge is 2.35. The molecular weight excluding hydrogens is 391 g/mol. The van der Waals surface area contributed by atoms with Crippen molar-refractivity contribution in [2.45, 2.75) is 6.17 Å². The third-order valence-electron chi connectivity index (χ3n) is 4.09. The van der Waals surface area contributed by atoms with Crippen LogP contribution in [0, 0.1) is 0 Å². The molecule has 26 heavy (non-hydrogen) atoms. The Hall–Kier alpha value is -1.95. The minimum absolute atomic E-state index is 0. The van der Waals surface area contributed by atoms with Gasteiger partial charge in [-0.25, -0.2) is 5.43 Å². The van der Waals surface area contributed by atoms with E-state index >= 15 is 0 Å². The molecule has 3 aromatic carbocycles. The van der Waals surface area contributed by atoms with Crippen molar-refractivity contribution in [2.24, 2.45) is 0 Å². The monoisotopic (exact) mass is 406 g/mol. The Kier molecular flexibility index (Phi) is 5.91. The van der Waals surface area contributed by atoms with E-state index in [-0.39, 0.29) is 18.6 Å². The minimum Gasteiger partial charge on any atom is -1.00 e. The number of hydrazine groups is 2. The maximum absolute atomic E-state index is 6.04. The molecule has 1 saturated heterocycles. The van der Waals surface area contributed by atoms with E-state index in [9.17, 15) is 0 Å². The minimum atomic E-state index is 0. The van der Waals surface area contributed by atoms with Gasteiger partial charge in [-0.05, 0) is 48.5 Å². The first-order valence-electron chi connectivity index (χ1n) is 7.97. The molecule has 1 fully saturated rings.